The van der Waals surface area contributed by atoms with Crippen LogP contribution in [0.4, 0.5) is 0 Å². The van der Waals surface area contributed by atoms with Crippen LogP contribution in [-0.4, -0.2) is 32.7 Å². The van der Waals surface area contributed by atoms with Gasteiger partial charge in [-0.2, -0.15) is 0 Å². The summed E-state index contributed by atoms with van der Waals surface area (Å²) in [5.41, 5.74) is 1.47. The van der Waals surface area contributed by atoms with Crippen LogP contribution < -0.4 is 14.8 Å². The molecule has 6 nitrogen and oxygen atoms in total. The Balaban J connectivity index is 1.98. The molecule has 0 aliphatic heterocycles. The molecule has 0 saturated heterocycles. The number of rotatable bonds is 8. The molecule has 0 spiro atoms. The van der Waals surface area contributed by atoms with Gasteiger partial charge in [0.1, 0.15) is 0 Å². The second-order valence-corrected chi connectivity index (χ2v) is 6.85. The fourth-order valence-electron chi connectivity index (χ4n) is 2.50. The first-order valence-electron chi connectivity index (χ1n) is 8.65. The molecule has 0 radical (unpaired) electrons. The molecule has 29 heavy (non-hydrogen) atoms. The van der Waals surface area contributed by atoms with Crippen LogP contribution in [0.25, 0.3) is 6.08 Å². The summed E-state index contributed by atoms with van der Waals surface area (Å²) in [4.78, 5) is 23.4. The molecule has 0 heterocycles. The normalized spacial score (nSPS) is 11.8. The van der Waals surface area contributed by atoms with Gasteiger partial charge in [0.05, 0.1) is 20.3 Å². The van der Waals surface area contributed by atoms with Crippen molar-refractivity contribution < 1.29 is 23.8 Å². The second kappa shape index (κ2) is 10.7. The van der Waals surface area contributed by atoms with Gasteiger partial charge >= 0.3 is 5.97 Å². The number of methoxy groups -OCH3 is 2. The van der Waals surface area contributed by atoms with E-state index in [-0.39, 0.29) is 18.6 Å². The van der Waals surface area contributed by atoms with Crippen molar-refractivity contribution in [2.45, 2.75) is 13.0 Å². The minimum atomic E-state index is -0.462. The number of ether oxygens (including phenoxy) is 3. The number of hydrogen-bond acceptors (Lipinski definition) is 5. The van der Waals surface area contributed by atoms with Crippen LogP contribution in [0.1, 0.15) is 24.1 Å². The Hall–Kier alpha value is -2.70. The summed E-state index contributed by atoms with van der Waals surface area (Å²) in [6, 6.07) is 9.85. The molecule has 2 rings (SSSR count). The predicted molar refractivity (Wildman–Crippen MR) is 113 cm³/mol. The highest BCUT2D eigenvalue weighted by Crippen LogP contribution is 2.29. The molecule has 0 bridgehead atoms. The molecule has 2 aromatic carbocycles. The van der Waals surface area contributed by atoms with E-state index in [1.54, 1.807) is 42.5 Å². The molecule has 0 aromatic heterocycles. The van der Waals surface area contributed by atoms with E-state index < -0.39 is 5.97 Å². The molecule has 0 aliphatic carbocycles. The van der Waals surface area contributed by atoms with E-state index in [1.165, 1.54) is 20.3 Å². The average Bonchev–Trinajstić information content (AvgIpc) is 2.70. The topological polar surface area (TPSA) is 73.9 Å². The van der Waals surface area contributed by atoms with Gasteiger partial charge in [-0.15, -0.1) is 0 Å². The Morgan fingerprint density at radius 1 is 1.10 bits per heavy atom. The summed E-state index contributed by atoms with van der Waals surface area (Å²) in [6.07, 6.45) is 2.88. The quantitative estimate of drug-likeness (QED) is 0.487. The molecule has 1 N–H and O–H groups in total. The highest BCUT2D eigenvalue weighted by Gasteiger charge is 2.14. The lowest BCUT2D eigenvalue weighted by molar-refractivity contribution is -0.134. The Morgan fingerprint density at radius 3 is 2.52 bits per heavy atom. The van der Waals surface area contributed by atoms with Gasteiger partial charge in [-0.3, -0.25) is 4.79 Å². The van der Waals surface area contributed by atoms with Crippen molar-refractivity contribution in [2.75, 3.05) is 20.8 Å². The first-order valence-corrected chi connectivity index (χ1v) is 9.40. The number of hydrogen-bond donors (Lipinski definition) is 1. The maximum Gasteiger partial charge on any atom is 0.330 e. The van der Waals surface area contributed by atoms with Crippen LogP contribution in [-0.2, 0) is 14.3 Å². The zero-order valence-corrected chi connectivity index (χ0v) is 17.7. The van der Waals surface area contributed by atoms with Crippen molar-refractivity contribution in [1.82, 2.24) is 5.32 Å². The van der Waals surface area contributed by atoms with Gasteiger partial charge in [0, 0.05) is 16.1 Å². The Labute approximate surface area is 179 Å². The molecule has 0 saturated carbocycles. The van der Waals surface area contributed by atoms with Crippen LogP contribution in [0, 0.1) is 0 Å². The molecular formula is C21H21Cl2NO5. The standard InChI is InChI=1S/C21H21Cl2NO5/c1-13(16-7-6-15(22)11-17(16)23)24-20(25)12-29-18-8-4-14(10-19(18)27-2)5-9-21(26)28-3/h4-11,13H,12H2,1-3H3,(H,24,25)/b9-5+. The summed E-state index contributed by atoms with van der Waals surface area (Å²) in [5.74, 6) is 0.0461. The van der Waals surface area contributed by atoms with E-state index >= 15 is 0 Å². The average molecular weight is 438 g/mol. The predicted octanol–water partition coefficient (Wildman–Crippen LogP) is 4.44. The van der Waals surface area contributed by atoms with Crippen LogP contribution in [0.2, 0.25) is 10.0 Å². The smallest absolute Gasteiger partial charge is 0.330 e. The van der Waals surface area contributed by atoms with Crippen molar-refractivity contribution in [2.24, 2.45) is 0 Å². The van der Waals surface area contributed by atoms with Crippen molar-refractivity contribution in [3.8, 4) is 11.5 Å². The third-order valence-electron chi connectivity index (χ3n) is 3.97. The number of nitrogens with one attached hydrogen (secondary N) is 1. The van der Waals surface area contributed by atoms with Gasteiger partial charge in [0.25, 0.3) is 5.91 Å². The highest BCUT2D eigenvalue weighted by molar-refractivity contribution is 6.35. The fourth-order valence-corrected chi connectivity index (χ4v) is 3.07. The molecule has 0 aliphatic rings. The molecular weight excluding hydrogens is 417 g/mol. The van der Waals surface area contributed by atoms with Crippen LogP contribution in [0.15, 0.2) is 42.5 Å². The summed E-state index contributed by atoms with van der Waals surface area (Å²) in [7, 11) is 2.79. The molecule has 8 heteroatoms. The van der Waals surface area contributed by atoms with Crippen LogP contribution in [0.3, 0.4) is 0 Å². The lowest BCUT2D eigenvalue weighted by atomic mass is 10.1. The first-order chi connectivity index (χ1) is 13.8. The first kappa shape index (κ1) is 22.6. The van der Waals surface area contributed by atoms with Crippen LogP contribution in [0.5, 0.6) is 11.5 Å². The zero-order valence-electron chi connectivity index (χ0n) is 16.2. The van der Waals surface area contributed by atoms with E-state index in [4.69, 9.17) is 32.7 Å². The lowest BCUT2D eigenvalue weighted by Gasteiger charge is -2.17. The number of benzene rings is 2. The molecule has 1 atom stereocenters. The van der Waals surface area contributed by atoms with Gasteiger partial charge in [-0.25, -0.2) is 4.79 Å². The van der Waals surface area contributed by atoms with E-state index in [0.29, 0.717) is 21.5 Å². The molecule has 0 fully saturated rings. The van der Waals surface area contributed by atoms with Crippen molar-refractivity contribution in [3.05, 3.63) is 63.6 Å². The highest BCUT2D eigenvalue weighted by atomic mass is 35.5. The minimum absolute atomic E-state index is 0.205. The van der Waals surface area contributed by atoms with Crippen molar-refractivity contribution >= 4 is 41.2 Å². The maximum absolute atomic E-state index is 12.2. The Bertz CT molecular complexity index is 914. The summed E-state index contributed by atoms with van der Waals surface area (Å²) in [5, 5.41) is 3.82. The number of halogens is 2. The summed E-state index contributed by atoms with van der Waals surface area (Å²) < 4.78 is 15.4. The second-order valence-electron chi connectivity index (χ2n) is 6.01. The summed E-state index contributed by atoms with van der Waals surface area (Å²) >= 11 is 12.1. The monoisotopic (exact) mass is 437 g/mol. The Morgan fingerprint density at radius 2 is 1.86 bits per heavy atom. The van der Waals surface area contributed by atoms with Gasteiger partial charge in [-0.1, -0.05) is 35.3 Å². The van der Waals surface area contributed by atoms with Gasteiger partial charge in [0.2, 0.25) is 0 Å². The van der Waals surface area contributed by atoms with Crippen molar-refractivity contribution in [3.63, 3.8) is 0 Å². The van der Waals surface area contributed by atoms with Gasteiger partial charge in [-0.05, 0) is 48.4 Å². The summed E-state index contributed by atoms with van der Waals surface area (Å²) in [6.45, 7) is 1.61. The fraction of sp³-hybridized carbons (Fsp3) is 0.238. The van der Waals surface area contributed by atoms with E-state index in [2.05, 4.69) is 10.1 Å². The van der Waals surface area contributed by atoms with Gasteiger partial charge < -0.3 is 19.5 Å². The van der Waals surface area contributed by atoms with Crippen molar-refractivity contribution in [1.29, 1.82) is 0 Å². The lowest BCUT2D eigenvalue weighted by Crippen LogP contribution is -2.31. The van der Waals surface area contributed by atoms with Crippen LogP contribution >= 0.6 is 23.2 Å². The molecule has 2 aromatic rings. The molecule has 1 amide bonds. The van der Waals surface area contributed by atoms with E-state index in [0.717, 1.165) is 11.1 Å². The number of carbonyl (C=O) groups is 2. The Kier molecular flexibility index (Phi) is 8.36. The zero-order chi connectivity index (χ0) is 21.4. The third-order valence-corrected chi connectivity index (χ3v) is 4.53. The number of carbonyl (C=O) groups excluding carboxylic acids is 2. The largest absolute Gasteiger partial charge is 0.493 e. The minimum Gasteiger partial charge on any atom is -0.493 e. The maximum atomic E-state index is 12.2. The number of amides is 1. The van der Waals surface area contributed by atoms with E-state index in [9.17, 15) is 9.59 Å². The van der Waals surface area contributed by atoms with Gasteiger partial charge in [0.15, 0.2) is 18.1 Å². The third kappa shape index (κ3) is 6.69. The molecule has 154 valence electrons. The SMILES string of the molecule is COC(=O)/C=C/c1ccc(OCC(=O)NC(C)c2ccc(Cl)cc2Cl)c(OC)c1. The molecule has 1 unspecified atom stereocenters. The number of esters is 1. The van der Waals surface area contributed by atoms with E-state index in [1.807, 2.05) is 6.92 Å².